The number of ether oxygens (including phenoxy) is 1. The Hall–Kier alpha value is -5.54. The summed E-state index contributed by atoms with van der Waals surface area (Å²) in [6.07, 6.45) is 7.71. The zero-order valence-corrected chi connectivity index (χ0v) is 57.0. The van der Waals surface area contributed by atoms with Crippen LogP contribution in [0, 0.1) is 51.4 Å². The Morgan fingerprint density at radius 3 is 1.13 bits per heavy atom. The van der Waals surface area contributed by atoms with Crippen molar-refractivity contribution in [1.29, 1.82) is 0 Å². The molecular weight excluding hydrogens is 1030 g/mol. The SMILES string of the molecule is C=CCC(C)(C)C(C)=O.CC(=O)C(C)(C)C.CC(=O)C(C)(C)CO.CC(=O)C(C)(C)Cc1ccc(C)cc1.CC(=O)C(C)(C)c1ccccc1.CC(=O)OCC(C)(C)C(C)=O.CCC(C)(CC)C(C)=O.[C-]#[N+]CCC(CC)(CC)C(C)=O. The summed E-state index contributed by atoms with van der Waals surface area (Å²) in [7, 11) is 0. The number of carbonyl (C=O) groups excluding carboxylic acids is 9. The Kier molecular flexibility index (Phi) is 44.3. The zero-order chi connectivity index (χ0) is 66.5. The molecule has 2 aromatic carbocycles. The van der Waals surface area contributed by atoms with E-state index in [2.05, 4.69) is 56.5 Å². The van der Waals surface area contributed by atoms with Gasteiger partial charge in [0.1, 0.15) is 52.9 Å². The minimum Gasteiger partial charge on any atom is -0.465 e. The molecule has 2 aromatic rings. The van der Waals surface area contributed by atoms with E-state index in [4.69, 9.17) is 16.4 Å². The number of carbonyl (C=O) groups is 9. The van der Waals surface area contributed by atoms with Gasteiger partial charge >= 0.3 is 5.97 Å². The Morgan fingerprint density at radius 2 is 0.915 bits per heavy atom. The minimum atomic E-state index is -0.550. The number of Topliss-reactive ketones (excluding diaryl/α,β-unsaturated/α-hetero) is 8. The van der Waals surface area contributed by atoms with E-state index >= 15 is 0 Å². The van der Waals surface area contributed by atoms with Crippen LogP contribution in [0.2, 0.25) is 0 Å². The van der Waals surface area contributed by atoms with E-state index in [1.165, 1.54) is 31.9 Å². The molecule has 0 saturated carbocycles. The minimum absolute atomic E-state index is 0.0266. The molecule has 12 nitrogen and oxygen atoms in total. The van der Waals surface area contributed by atoms with E-state index in [0.717, 1.165) is 50.5 Å². The highest BCUT2D eigenvalue weighted by molar-refractivity contribution is 5.87. The van der Waals surface area contributed by atoms with Crippen molar-refractivity contribution in [1.82, 2.24) is 0 Å². The van der Waals surface area contributed by atoms with E-state index in [0.29, 0.717) is 12.3 Å². The van der Waals surface area contributed by atoms with Crippen molar-refractivity contribution in [3.05, 3.63) is 95.4 Å². The first-order valence-corrected chi connectivity index (χ1v) is 28.8. The molecule has 0 fully saturated rings. The number of aliphatic hydroxyl groups excluding tert-OH is 1. The molecule has 0 aromatic heterocycles. The molecule has 0 amide bonds. The van der Waals surface area contributed by atoms with Crippen LogP contribution in [0.15, 0.2) is 67.3 Å². The Bertz CT molecular complexity index is 2290. The predicted molar refractivity (Wildman–Crippen MR) is 341 cm³/mol. The third-order valence-electron chi connectivity index (χ3n) is 15.9. The van der Waals surface area contributed by atoms with Gasteiger partial charge in [-0.25, -0.2) is 6.57 Å². The average Bonchev–Trinajstić information content (AvgIpc) is 3.37. The molecule has 0 aliphatic heterocycles. The van der Waals surface area contributed by atoms with Gasteiger partial charge < -0.3 is 14.7 Å². The lowest BCUT2D eigenvalue weighted by Gasteiger charge is -2.26. The van der Waals surface area contributed by atoms with Gasteiger partial charge in [-0.2, -0.15) is 0 Å². The summed E-state index contributed by atoms with van der Waals surface area (Å²) in [5.74, 6) is 1.17. The first-order chi connectivity index (χ1) is 37.0. The third kappa shape index (κ3) is 39.0. The van der Waals surface area contributed by atoms with E-state index in [-0.39, 0.29) is 92.2 Å². The number of esters is 1. The second-order valence-corrected chi connectivity index (χ2v) is 25.7. The molecule has 82 heavy (non-hydrogen) atoms. The second kappa shape index (κ2) is 41.5. The molecule has 1 N–H and O–H groups in total. The van der Waals surface area contributed by atoms with Gasteiger partial charge in [0.05, 0.1) is 12.0 Å². The van der Waals surface area contributed by atoms with Crippen LogP contribution in [0.5, 0.6) is 0 Å². The summed E-state index contributed by atoms with van der Waals surface area (Å²) in [5, 5.41) is 8.54. The number of hydrogen-bond acceptors (Lipinski definition) is 11. The molecule has 0 radical (unpaired) electrons. The zero-order valence-electron chi connectivity index (χ0n) is 57.0. The Labute approximate surface area is 500 Å². The molecule has 0 heterocycles. The van der Waals surface area contributed by atoms with Gasteiger partial charge in [0, 0.05) is 51.2 Å². The van der Waals surface area contributed by atoms with Crippen molar-refractivity contribution in [3.63, 3.8) is 0 Å². The van der Waals surface area contributed by atoms with E-state index < -0.39 is 10.8 Å². The molecule has 12 heteroatoms. The number of rotatable bonds is 21. The van der Waals surface area contributed by atoms with Gasteiger partial charge in [-0.3, -0.25) is 43.2 Å². The monoisotopic (exact) mass is 1150 g/mol. The van der Waals surface area contributed by atoms with Crippen molar-refractivity contribution in [2.75, 3.05) is 19.8 Å². The van der Waals surface area contributed by atoms with Crippen molar-refractivity contribution >= 4 is 52.2 Å². The summed E-state index contributed by atoms with van der Waals surface area (Å²) < 4.78 is 4.71. The summed E-state index contributed by atoms with van der Waals surface area (Å²) in [6, 6.07) is 18.2. The quantitative estimate of drug-likeness (QED) is 0.0712. The molecule has 0 aliphatic rings. The lowest BCUT2D eigenvalue weighted by atomic mass is 9.76. The largest absolute Gasteiger partial charge is 0.465 e. The molecule has 0 spiro atoms. The predicted octanol–water partition coefficient (Wildman–Crippen LogP) is 16.4. The molecule has 0 bridgehead atoms. The van der Waals surface area contributed by atoms with Crippen molar-refractivity contribution in [2.24, 2.45) is 37.9 Å². The van der Waals surface area contributed by atoms with Gasteiger partial charge in [0.2, 0.25) is 6.54 Å². The van der Waals surface area contributed by atoms with Gasteiger partial charge in [-0.15, -0.1) is 6.58 Å². The lowest BCUT2D eigenvalue weighted by Crippen LogP contribution is -2.28. The number of ketones is 8. The molecular formula is C70H117NO11. The molecule has 0 atom stereocenters. The third-order valence-corrected chi connectivity index (χ3v) is 15.9. The summed E-state index contributed by atoms with van der Waals surface area (Å²) in [6.45, 7) is 61.6. The van der Waals surface area contributed by atoms with Crippen molar-refractivity contribution in [3.8, 4) is 0 Å². The summed E-state index contributed by atoms with van der Waals surface area (Å²) >= 11 is 0. The fraction of sp³-hybridized carbons (Fsp3) is 0.657. The van der Waals surface area contributed by atoms with Gasteiger partial charge in [0.15, 0.2) is 0 Å². The summed E-state index contributed by atoms with van der Waals surface area (Å²) in [4.78, 5) is 101. The van der Waals surface area contributed by atoms with E-state index in [9.17, 15) is 43.2 Å². The maximum absolute atomic E-state index is 11.3. The maximum Gasteiger partial charge on any atom is 0.302 e. The standard InChI is InChI=1S/C13H18O.C11H14O.C10H17NO.C8H14O3.C8H14O.C8H16O.C6H12O2.C6H12O/c1-10-5-7-12(8-6-10)9-13(3,4)11(2)14;1-9(12)11(2,3)10-7-5-4-6-8-10;1-5-10(6-2,9(3)12)7-8-11-4;1-6(9)8(3,4)5-11-7(2)10;1-5-6-8(3,4)7(2)9;1-5-8(4,6-2)7(3)9;1-5(8)6(2,3)4-7;1-5(7)6(2,3)4/h5-8H,9H2,1-4H3;4-8H,1-3H3;5-8H2,1-3H3;5H2,1-4H3;5H,1,6H2,2-4H3;5-6H2,1-4H3;7H,4H2,1-3H3;1-4H3. The average molecular weight is 1150 g/mol. The van der Waals surface area contributed by atoms with Gasteiger partial charge in [-0.1, -0.05) is 163 Å². The topological polar surface area (TPSA) is 187 Å². The fourth-order valence-electron chi connectivity index (χ4n) is 5.69. The van der Waals surface area contributed by atoms with Gasteiger partial charge in [-0.05, 0) is 140 Å². The van der Waals surface area contributed by atoms with Crippen LogP contribution in [0.3, 0.4) is 0 Å². The number of aliphatic hydroxyl groups is 1. The van der Waals surface area contributed by atoms with Crippen molar-refractivity contribution < 1.29 is 53.0 Å². The van der Waals surface area contributed by atoms with Crippen LogP contribution in [0.4, 0.5) is 0 Å². The van der Waals surface area contributed by atoms with Crippen LogP contribution < -0.4 is 0 Å². The molecule has 0 aliphatic carbocycles. The first kappa shape index (κ1) is 87.7. The number of aryl methyl sites for hydroxylation is 1. The van der Waals surface area contributed by atoms with Crippen LogP contribution in [-0.4, -0.2) is 77.1 Å². The van der Waals surface area contributed by atoms with Crippen molar-refractivity contribution in [2.45, 2.75) is 244 Å². The van der Waals surface area contributed by atoms with Crippen LogP contribution in [0.1, 0.15) is 242 Å². The Balaban J connectivity index is -0.000000203. The number of allylic oxidation sites excluding steroid dienone is 1. The highest BCUT2D eigenvalue weighted by Crippen LogP contribution is 2.32. The summed E-state index contributed by atoms with van der Waals surface area (Å²) in [5.41, 5.74) is 1.27. The normalized spacial score (nSPS) is 11.2. The molecule has 0 saturated heterocycles. The molecule has 2 rings (SSSR count). The van der Waals surface area contributed by atoms with Crippen LogP contribution >= 0.6 is 0 Å². The number of hydrogen-bond donors (Lipinski definition) is 1. The second-order valence-electron chi connectivity index (χ2n) is 25.7. The van der Waals surface area contributed by atoms with Crippen LogP contribution in [0.25, 0.3) is 4.85 Å². The first-order valence-electron chi connectivity index (χ1n) is 28.8. The number of benzene rings is 2. The highest BCUT2D eigenvalue weighted by atomic mass is 16.5. The lowest BCUT2D eigenvalue weighted by molar-refractivity contribution is -0.146. The molecule has 0 unspecified atom stereocenters. The van der Waals surface area contributed by atoms with E-state index in [1.54, 1.807) is 75.3 Å². The van der Waals surface area contributed by atoms with E-state index in [1.807, 2.05) is 113 Å². The van der Waals surface area contributed by atoms with Crippen LogP contribution in [-0.2, 0) is 59.7 Å². The number of nitrogens with zero attached hydrogens (tertiary/aromatic N) is 1. The Morgan fingerprint density at radius 1 is 0.524 bits per heavy atom. The fourth-order valence-corrected chi connectivity index (χ4v) is 5.69. The highest BCUT2D eigenvalue weighted by Gasteiger charge is 2.32. The molecule has 468 valence electrons. The maximum atomic E-state index is 11.3. The van der Waals surface area contributed by atoms with Gasteiger partial charge in [0.25, 0.3) is 0 Å². The smallest absolute Gasteiger partial charge is 0.302 e.